The second-order valence-corrected chi connectivity index (χ2v) is 3.19. The average Bonchev–Trinajstić information content (AvgIpc) is 2.81. The summed E-state index contributed by atoms with van der Waals surface area (Å²) in [6.07, 6.45) is 2.65. The summed E-state index contributed by atoms with van der Waals surface area (Å²) in [4.78, 5) is 11.0. The van der Waals surface area contributed by atoms with Crippen molar-refractivity contribution in [2.24, 2.45) is 5.92 Å². The van der Waals surface area contributed by atoms with Gasteiger partial charge in [0.05, 0.1) is 6.04 Å². The summed E-state index contributed by atoms with van der Waals surface area (Å²) >= 11 is 0. The molecule has 0 aliphatic heterocycles. The van der Waals surface area contributed by atoms with Gasteiger partial charge in [-0.05, 0) is 32.2 Å². The van der Waals surface area contributed by atoms with Crippen LogP contribution < -0.4 is 10.6 Å². The molecule has 0 radical (unpaired) electrons. The van der Waals surface area contributed by atoms with Crippen molar-refractivity contribution in [3.8, 4) is 0 Å². The van der Waals surface area contributed by atoms with Gasteiger partial charge in [-0.15, -0.1) is 0 Å². The Morgan fingerprint density at radius 2 is 2.27 bits per heavy atom. The predicted molar refractivity (Wildman–Crippen MR) is 44.3 cm³/mol. The van der Waals surface area contributed by atoms with Gasteiger partial charge in [0.2, 0.25) is 5.91 Å². The molecule has 0 bridgehead atoms. The lowest BCUT2D eigenvalue weighted by Crippen LogP contribution is -2.41. The van der Waals surface area contributed by atoms with Crippen molar-refractivity contribution in [3.63, 3.8) is 0 Å². The van der Waals surface area contributed by atoms with Crippen molar-refractivity contribution < 1.29 is 4.79 Å². The number of hydrogen-bond donors (Lipinski definition) is 2. The van der Waals surface area contributed by atoms with Crippen molar-refractivity contribution in [1.29, 1.82) is 0 Å². The number of nitrogens with one attached hydrogen (secondary N) is 2. The molecule has 1 amide bonds. The van der Waals surface area contributed by atoms with E-state index in [1.54, 1.807) is 7.05 Å². The molecule has 1 saturated carbocycles. The first-order chi connectivity index (χ1) is 5.24. The van der Waals surface area contributed by atoms with Crippen LogP contribution in [-0.2, 0) is 4.79 Å². The number of hydrogen-bond acceptors (Lipinski definition) is 2. The highest BCUT2D eigenvalue weighted by Gasteiger charge is 2.22. The van der Waals surface area contributed by atoms with Crippen molar-refractivity contribution in [3.05, 3.63) is 0 Å². The summed E-state index contributed by atoms with van der Waals surface area (Å²) in [5.41, 5.74) is 0. The van der Waals surface area contributed by atoms with Crippen LogP contribution in [0, 0.1) is 5.92 Å². The van der Waals surface area contributed by atoms with E-state index in [2.05, 4.69) is 10.6 Å². The number of carbonyl (C=O) groups is 1. The molecule has 0 spiro atoms. The lowest BCUT2D eigenvalue weighted by Gasteiger charge is -2.10. The fourth-order valence-electron chi connectivity index (χ4n) is 0.975. The van der Waals surface area contributed by atoms with E-state index in [1.807, 2.05) is 6.92 Å². The lowest BCUT2D eigenvalue weighted by atomic mass is 10.3. The Kier molecular flexibility index (Phi) is 2.88. The Morgan fingerprint density at radius 3 is 2.73 bits per heavy atom. The Bertz CT molecular complexity index is 143. The van der Waals surface area contributed by atoms with Crippen LogP contribution in [0.15, 0.2) is 0 Å². The molecule has 0 saturated heterocycles. The Hall–Kier alpha value is -0.570. The third-order valence-electron chi connectivity index (χ3n) is 2.05. The van der Waals surface area contributed by atoms with Gasteiger partial charge in [-0.25, -0.2) is 0 Å². The van der Waals surface area contributed by atoms with Crippen molar-refractivity contribution in [2.45, 2.75) is 25.8 Å². The van der Waals surface area contributed by atoms with Crippen LogP contribution in [0.4, 0.5) is 0 Å². The molecular formula is C8H16N2O. The monoisotopic (exact) mass is 156 g/mol. The second-order valence-electron chi connectivity index (χ2n) is 3.19. The van der Waals surface area contributed by atoms with Gasteiger partial charge in [0.25, 0.3) is 0 Å². The highest BCUT2D eigenvalue weighted by molar-refractivity contribution is 5.80. The van der Waals surface area contributed by atoms with E-state index in [1.165, 1.54) is 12.8 Å². The van der Waals surface area contributed by atoms with E-state index >= 15 is 0 Å². The highest BCUT2D eigenvalue weighted by Crippen LogP contribution is 2.27. The number of amides is 1. The number of likely N-dealkylation sites (N-methyl/N-ethyl adjacent to an activating group) is 1. The molecule has 3 heteroatoms. The van der Waals surface area contributed by atoms with Gasteiger partial charge in [-0.2, -0.15) is 0 Å². The number of carbonyl (C=O) groups excluding carboxylic acids is 1. The highest BCUT2D eigenvalue weighted by atomic mass is 16.2. The zero-order valence-corrected chi connectivity index (χ0v) is 7.18. The topological polar surface area (TPSA) is 41.1 Å². The first-order valence-electron chi connectivity index (χ1n) is 4.19. The zero-order chi connectivity index (χ0) is 8.27. The van der Waals surface area contributed by atoms with Crippen LogP contribution in [0.2, 0.25) is 0 Å². The Labute approximate surface area is 67.5 Å². The molecule has 0 aromatic heterocycles. The van der Waals surface area contributed by atoms with Crippen LogP contribution in [0.5, 0.6) is 0 Å². The molecule has 1 fully saturated rings. The lowest BCUT2D eigenvalue weighted by molar-refractivity contribution is -0.122. The van der Waals surface area contributed by atoms with E-state index in [4.69, 9.17) is 0 Å². The molecule has 0 unspecified atom stereocenters. The van der Waals surface area contributed by atoms with Gasteiger partial charge < -0.3 is 10.6 Å². The van der Waals surface area contributed by atoms with E-state index in [-0.39, 0.29) is 11.9 Å². The smallest absolute Gasteiger partial charge is 0.236 e. The van der Waals surface area contributed by atoms with E-state index < -0.39 is 0 Å². The van der Waals surface area contributed by atoms with E-state index in [0.717, 1.165) is 12.5 Å². The molecule has 2 N–H and O–H groups in total. The minimum Gasteiger partial charge on any atom is -0.358 e. The largest absolute Gasteiger partial charge is 0.358 e. The number of rotatable bonds is 4. The summed E-state index contributed by atoms with van der Waals surface area (Å²) < 4.78 is 0. The maximum Gasteiger partial charge on any atom is 0.236 e. The van der Waals surface area contributed by atoms with Crippen molar-refractivity contribution >= 4 is 5.91 Å². The van der Waals surface area contributed by atoms with E-state index in [9.17, 15) is 4.79 Å². The second kappa shape index (κ2) is 3.72. The summed E-state index contributed by atoms with van der Waals surface area (Å²) in [7, 11) is 1.66. The van der Waals surface area contributed by atoms with Gasteiger partial charge in [-0.1, -0.05) is 0 Å². The van der Waals surface area contributed by atoms with Crippen molar-refractivity contribution in [1.82, 2.24) is 10.6 Å². The third kappa shape index (κ3) is 2.89. The van der Waals surface area contributed by atoms with Gasteiger partial charge >= 0.3 is 0 Å². The molecule has 11 heavy (non-hydrogen) atoms. The van der Waals surface area contributed by atoms with Crippen LogP contribution >= 0.6 is 0 Å². The summed E-state index contributed by atoms with van der Waals surface area (Å²) in [6.45, 7) is 2.88. The Morgan fingerprint density at radius 1 is 1.64 bits per heavy atom. The minimum atomic E-state index is -0.0411. The Balaban J connectivity index is 2.08. The third-order valence-corrected chi connectivity index (χ3v) is 2.05. The first kappa shape index (κ1) is 8.53. The summed E-state index contributed by atoms with van der Waals surface area (Å²) in [5.74, 6) is 0.910. The molecule has 1 rings (SSSR count). The fourth-order valence-corrected chi connectivity index (χ4v) is 0.975. The fraction of sp³-hybridized carbons (Fsp3) is 0.875. The molecule has 1 aliphatic carbocycles. The molecule has 0 aromatic rings. The molecule has 0 heterocycles. The summed E-state index contributed by atoms with van der Waals surface area (Å²) in [5, 5.41) is 5.79. The van der Waals surface area contributed by atoms with Crippen LogP contribution in [0.3, 0.4) is 0 Å². The molecule has 1 aliphatic rings. The van der Waals surface area contributed by atoms with Gasteiger partial charge in [0.1, 0.15) is 0 Å². The van der Waals surface area contributed by atoms with Crippen LogP contribution in [0.25, 0.3) is 0 Å². The maximum absolute atomic E-state index is 11.0. The zero-order valence-electron chi connectivity index (χ0n) is 7.18. The van der Waals surface area contributed by atoms with Gasteiger partial charge in [0, 0.05) is 7.05 Å². The standard InChI is InChI=1S/C8H16N2O/c1-6(8(11)9-2)10-5-7-3-4-7/h6-7,10H,3-5H2,1-2H3,(H,9,11)/t6-/m1/s1. The van der Waals surface area contributed by atoms with Gasteiger partial charge in [-0.3, -0.25) is 4.79 Å². The minimum absolute atomic E-state index is 0.0411. The van der Waals surface area contributed by atoms with Gasteiger partial charge in [0.15, 0.2) is 0 Å². The average molecular weight is 156 g/mol. The molecule has 1 atom stereocenters. The van der Waals surface area contributed by atoms with E-state index in [0.29, 0.717) is 0 Å². The quantitative estimate of drug-likeness (QED) is 0.607. The van der Waals surface area contributed by atoms with Crippen LogP contribution in [-0.4, -0.2) is 25.5 Å². The van der Waals surface area contributed by atoms with Crippen molar-refractivity contribution in [2.75, 3.05) is 13.6 Å². The maximum atomic E-state index is 11.0. The predicted octanol–water partition coefficient (Wildman–Crippen LogP) is 0.120. The molecule has 3 nitrogen and oxygen atoms in total. The molecule has 0 aromatic carbocycles. The first-order valence-corrected chi connectivity index (χ1v) is 4.19. The summed E-state index contributed by atoms with van der Waals surface area (Å²) in [6, 6.07) is -0.0411. The molecular weight excluding hydrogens is 140 g/mol. The molecule has 64 valence electrons. The normalized spacial score (nSPS) is 19.5. The SMILES string of the molecule is CNC(=O)[C@@H](C)NCC1CC1. The van der Waals surface area contributed by atoms with Crippen LogP contribution in [0.1, 0.15) is 19.8 Å².